The molecule has 120 valence electrons. The number of ether oxygens (including phenoxy) is 1. The van der Waals surface area contributed by atoms with Gasteiger partial charge in [-0.15, -0.1) is 0 Å². The van der Waals surface area contributed by atoms with Crippen molar-refractivity contribution in [2.24, 2.45) is 0 Å². The van der Waals surface area contributed by atoms with Crippen LogP contribution in [0.4, 0.5) is 0 Å². The Morgan fingerprint density at radius 1 is 1.05 bits per heavy atom. The molecule has 1 saturated heterocycles. The molecule has 5 nitrogen and oxygen atoms in total. The molecule has 1 atom stereocenters. The maximum absolute atomic E-state index is 5.98. The minimum atomic E-state index is -2.25. The van der Waals surface area contributed by atoms with Gasteiger partial charge < -0.3 is 24.2 Å². The molecule has 6 heteroatoms. The van der Waals surface area contributed by atoms with Crippen molar-refractivity contribution >= 4 is 8.56 Å². The van der Waals surface area contributed by atoms with Crippen LogP contribution in [0.3, 0.4) is 0 Å². The molecule has 0 saturated carbocycles. The first-order valence-corrected chi connectivity index (χ1v) is 9.73. The number of hydrogen-bond donors (Lipinski definition) is 2. The van der Waals surface area contributed by atoms with Crippen molar-refractivity contribution in [2.75, 3.05) is 48.0 Å². The fourth-order valence-electron chi connectivity index (χ4n) is 3.36. The SMILES string of the molecule is CNCCNCCCC1(OC)CCCC[Si]1(OC)OC. The average Bonchev–Trinajstić information content (AvgIpc) is 2.51. The molecule has 0 bridgehead atoms. The maximum Gasteiger partial charge on any atom is 0.370 e. The second-order valence-corrected chi connectivity index (χ2v) is 9.26. The van der Waals surface area contributed by atoms with Crippen molar-refractivity contribution in [1.82, 2.24) is 10.6 Å². The van der Waals surface area contributed by atoms with Crippen molar-refractivity contribution in [2.45, 2.75) is 43.4 Å². The Hall–Kier alpha value is 0.0169. The second kappa shape index (κ2) is 9.12. The Labute approximate surface area is 125 Å². The number of nitrogens with one attached hydrogen (secondary N) is 2. The van der Waals surface area contributed by atoms with Crippen molar-refractivity contribution in [3.8, 4) is 0 Å². The van der Waals surface area contributed by atoms with Gasteiger partial charge in [-0.25, -0.2) is 0 Å². The molecule has 0 radical (unpaired) electrons. The number of methoxy groups -OCH3 is 1. The van der Waals surface area contributed by atoms with Gasteiger partial charge in [0, 0.05) is 34.4 Å². The first-order valence-electron chi connectivity index (χ1n) is 7.71. The van der Waals surface area contributed by atoms with Gasteiger partial charge >= 0.3 is 8.56 Å². The summed E-state index contributed by atoms with van der Waals surface area (Å²) in [6.07, 6.45) is 5.58. The van der Waals surface area contributed by atoms with Crippen molar-refractivity contribution < 1.29 is 13.6 Å². The van der Waals surface area contributed by atoms with Crippen LogP contribution in [-0.4, -0.2) is 61.8 Å². The van der Waals surface area contributed by atoms with Gasteiger partial charge in [0.1, 0.15) is 5.22 Å². The summed E-state index contributed by atoms with van der Waals surface area (Å²) in [6.45, 7) is 3.03. The molecular weight excluding hydrogens is 272 g/mol. The van der Waals surface area contributed by atoms with Crippen LogP contribution in [-0.2, 0) is 13.6 Å². The second-order valence-electron chi connectivity index (χ2n) is 5.52. The van der Waals surface area contributed by atoms with Crippen LogP contribution in [0.1, 0.15) is 32.1 Å². The standard InChI is InChI=1S/C14H32N2O3Si/c1-15-11-12-16-10-7-9-14(17-2)8-5-6-13-20(14,18-3)19-4/h15-16H,5-13H2,1-4H3. The summed E-state index contributed by atoms with van der Waals surface area (Å²) in [5, 5.41) is 6.40. The van der Waals surface area contributed by atoms with E-state index in [9.17, 15) is 0 Å². The summed E-state index contributed by atoms with van der Waals surface area (Å²) in [5.41, 5.74) is 0. The molecule has 0 aliphatic carbocycles. The normalized spacial score (nSPS) is 25.8. The zero-order chi connectivity index (χ0) is 14.9. The lowest BCUT2D eigenvalue weighted by molar-refractivity contribution is -0.0156. The van der Waals surface area contributed by atoms with E-state index in [1.807, 2.05) is 14.2 Å². The van der Waals surface area contributed by atoms with E-state index >= 15 is 0 Å². The molecule has 0 aromatic rings. The molecule has 1 unspecified atom stereocenters. The zero-order valence-electron chi connectivity index (χ0n) is 13.6. The molecule has 1 heterocycles. The molecule has 20 heavy (non-hydrogen) atoms. The highest BCUT2D eigenvalue weighted by Gasteiger charge is 2.58. The summed E-state index contributed by atoms with van der Waals surface area (Å²) in [6, 6.07) is 1.04. The summed E-state index contributed by atoms with van der Waals surface area (Å²) in [7, 11) is 5.13. The molecule has 0 aromatic heterocycles. The molecule has 1 aliphatic heterocycles. The quantitative estimate of drug-likeness (QED) is 0.472. The maximum atomic E-state index is 5.98. The van der Waals surface area contributed by atoms with E-state index in [1.165, 1.54) is 12.8 Å². The molecular formula is C14H32N2O3Si. The lowest BCUT2D eigenvalue weighted by Crippen LogP contribution is -2.64. The van der Waals surface area contributed by atoms with Crippen LogP contribution in [0.15, 0.2) is 0 Å². The molecule has 0 spiro atoms. The van der Waals surface area contributed by atoms with E-state index in [2.05, 4.69) is 10.6 Å². The van der Waals surface area contributed by atoms with Gasteiger partial charge in [-0.2, -0.15) is 0 Å². The fourth-order valence-corrected chi connectivity index (χ4v) is 7.27. The third kappa shape index (κ3) is 4.02. The predicted molar refractivity (Wildman–Crippen MR) is 84.2 cm³/mol. The van der Waals surface area contributed by atoms with E-state index in [4.69, 9.17) is 13.6 Å². The monoisotopic (exact) mass is 304 g/mol. The predicted octanol–water partition coefficient (Wildman–Crippen LogP) is 1.42. The van der Waals surface area contributed by atoms with Crippen LogP contribution < -0.4 is 10.6 Å². The lowest BCUT2D eigenvalue weighted by atomic mass is 10.1. The highest BCUT2D eigenvalue weighted by Crippen LogP contribution is 2.42. The van der Waals surface area contributed by atoms with E-state index in [-0.39, 0.29) is 5.22 Å². The van der Waals surface area contributed by atoms with Gasteiger partial charge in [0.15, 0.2) is 0 Å². The molecule has 0 aromatic carbocycles. The van der Waals surface area contributed by atoms with Crippen LogP contribution in [0.5, 0.6) is 0 Å². The summed E-state index contributed by atoms with van der Waals surface area (Å²) < 4.78 is 17.8. The van der Waals surface area contributed by atoms with Crippen LogP contribution in [0.25, 0.3) is 0 Å². The van der Waals surface area contributed by atoms with Gasteiger partial charge in [-0.1, -0.05) is 12.8 Å². The highest BCUT2D eigenvalue weighted by atomic mass is 28.4. The summed E-state index contributed by atoms with van der Waals surface area (Å²) >= 11 is 0. The van der Waals surface area contributed by atoms with Gasteiger partial charge in [0.2, 0.25) is 0 Å². The smallest absolute Gasteiger partial charge is 0.370 e. The number of likely N-dealkylation sites (N-methyl/N-ethyl adjacent to an activating group) is 1. The van der Waals surface area contributed by atoms with Gasteiger partial charge in [-0.3, -0.25) is 0 Å². The molecule has 2 N–H and O–H groups in total. The van der Waals surface area contributed by atoms with E-state index < -0.39 is 8.56 Å². The van der Waals surface area contributed by atoms with E-state index in [0.29, 0.717) is 0 Å². The first-order chi connectivity index (χ1) is 9.70. The Kier molecular flexibility index (Phi) is 8.24. The van der Waals surface area contributed by atoms with Gasteiger partial charge in [-0.05, 0) is 38.9 Å². The largest absolute Gasteiger partial charge is 0.396 e. The molecule has 0 amide bonds. The lowest BCUT2D eigenvalue weighted by Gasteiger charge is -2.48. The van der Waals surface area contributed by atoms with E-state index in [1.54, 1.807) is 14.2 Å². The topological polar surface area (TPSA) is 51.8 Å². The molecule has 1 fully saturated rings. The number of rotatable bonds is 10. The first kappa shape index (κ1) is 18.1. The van der Waals surface area contributed by atoms with Crippen LogP contribution >= 0.6 is 0 Å². The third-order valence-electron chi connectivity index (χ3n) is 4.57. The molecule has 1 aliphatic rings. The summed E-state index contributed by atoms with van der Waals surface area (Å²) in [5.74, 6) is 0. The third-order valence-corrected chi connectivity index (χ3v) is 8.99. The van der Waals surface area contributed by atoms with Crippen molar-refractivity contribution in [1.29, 1.82) is 0 Å². The van der Waals surface area contributed by atoms with E-state index in [0.717, 1.165) is 44.9 Å². The highest BCUT2D eigenvalue weighted by molar-refractivity contribution is 6.70. The van der Waals surface area contributed by atoms with Crippen molar-refractivity contribution in [3.63, 3.8) is 0 Å². The Morgan fingerprint density at radius 3 is 2.40 bits per heavy atom. The Bertz CT molecular complexity index is 265. The fraction of sp³-hybridized carbons (Fsp3) is 1.00. The van der Waals surface area contributed by atoms with Gasteiger partial charge in [0.25, 0.3) is 0 Å². The van der Waals surface area contributed by atoms with Gasteiger partial charge in [0.05, 0.1) is 0 Å². The van der Waals surface area contributed by atoms with Crippen LogP contribution in [0, 0.1) is 0 Å². The number of hydrogen-bond acceptors (Lipinski definition) is 5. The zero-order valence-corrected chi connectivity index (χ0v) is 14.6. The average molecular weight is 305 g/mol. The summed E-state index contributed by atoms with van der Waals surface area (Å²) in [4.78, 5) is 0. The molecule has 1 rings (SSSR count). The Morgan fingerprint density at radius 2 is 1.80 bits per heavy atom. The Balaban J connectivity index is 2.54. The van der Waals surface area contributed by atoms with Crippen molar-refractivity contribution in [3.05, 3.63) is 0 Å². The minimum absolute atomic E-state index is 0.181. The van der Waals surface area contributed by atoms with Crippen LogP contribution in [0.2, 0.25) is 6.04 Å². The minimum Gasteiger partial charge on any atom is -0.396 e.